The zero-order chi connectivity index (χ0) is 11.9. The van der Waals surface area contributed by atoms with Gasteiger partial charge in [0.1, 0.15) is 0 Å². The van der Waals surface area contributed by atoms with Crippen molar-refractivity contribution in [2.24, 2.45) is 0 Å². The average Bonchev–Trinajstić information content (AvgIpc) is 2.31. The molecule has 0 aromatic rings. The van der Waals surface area contributed by atoms with Gasteiger partial charge in [-0.05, 0) is 61.1 Å². The van der Waals surface area contributed by atoms with Crippen molar-refractivity contribution in [3.63, 3.8) is 0 Å². The van der Waals surface area contributed by atoms with Crippen LogP contribution in [0.2, 0.25) is 0 Å². The zero-order valence-electron chi connectivity index (χ0n) is 6.70. The van der Waals surface area contributed by atoms with Gasteiger partial charge >= 0.3 is 0 Å². The molecule has 3 N–H and O–H groups in total. The summed E-state index contributed by atoms with van der Waals surface area (Å²) < 4.78 is 0. The molecular formula is H3NO15. The molecule has 0 saturated heterocycles. The highest BCUT2D eigenvalue weighted by Crippen LogP contribution is 1.86. The summed E-state index contributed by atoms with van der Waals surface area (Å²) in [5.74, 6) is 0. The maximum atomic E-state index is 7.47. The predicted molar refractivity (Wildman–Crippen MR) is 22.5 cm³/mol. The molecule has 98 valence electrons. The molecule has 0 saturated carbocycles. The molecule has 16 heavy (non-hydrogen) atoms. The van der Waals surface area contributed by atoms with Gasteiger partial charge in [-0.15, -0.1) is 0 Å². The quantitative estimate of drug-likeness (QED) is 0.200. The molecule has 0 aliphatic heterocycles. The fourth-order valence-corrected chi connectivity index (χ4v) is 0.151. The van der Waals surface area contributed by atoms with E-state index in [4.69, 9.17) is 10.5 Å². The summed E-state index contributed by atoms with van der Waals surface area (Å²) >= 11 is 0. The van der Waals surface area contributed by atoms with Crippen LogP contribution in [0.4, 0.5) is 0 Å². The number of rotatable bonds is 13. The maximum absolute atomic E-state index is 7.47. The van der Waals surface area contributed by atoms with Crippen LogP contribution in [0.15, 0.2) is 0 Å². The summed E-state index contributed by atoms with van der Waals surface area (Å²) in [4.78, 5) is 7.35. The Kier molecular flexibility index (Phi) is 13.8. The zero-order valence-corrected chi connectivity index (χ0v) is 6.70. The molecule has 0 rings (SSSR count). The Morgan fingerprint density at radius 2 is 0.875 bits per heavy atom. The van der Waals surface area contributed by atoms with Gasteiger partial charge in [0.2, 0.25) is 0 Å². The first-order valence-electron chi connectivity index (χ1n) is 2.61. The third kappa shape index (κ3) is 13.4. The van der Waals surface area contributed by atoms with Crippen LogP contribution in [0.5, 0.6) is 0 Å². The maximum Gasteiger partial charge on any atom is -0.0000302 e. The molecule has 0 aliphatic rings. The van der Waals surface area contributed by atoms with Crippen LogP contribution >= 0.6 is 0 Å². The largest absolute Gasteiger partial charge is 0.219 e. The van der Waals surface area contributed by atoms with E-state index in [2.05, 4.69) is 65.4 Å². The van der Waals surface area contributed by atoms with Gasteiger partial charge < -0.3 is 0 Å². The minimum Gasteiger partial charge on any atom is -0.219 e. The molecule has 0 amide bonds. The fourth-order valence-electron chi connectivity index (χ4n) is 0.151. The van der Waals surface area contributed by atoms with Crippen LogP contribution in [-0.2, 0) is 65.4 Å². The van der Waals surface area contributed by atoms with Crippen molar-refractivity contribution in [3.05, 3.63) is 0 Å². The lowest BCUT2D eigenvalue weighted by Crippen LogP contribution is -2.17. The normalized spacial score (nSPS) is 10.9. The topological polar surface area (TPSA) is 172 Å². The Labute approximate surface area is 83.0 Å². The van der Waals surface area contributed by atoms with Crippen LogP contribution < -0.4 is 5.64 Å². The van der Waals surface area contributed by atoms with E-state index in [-0.39, 0.29) is 0 Å². The molecule has 0 atom stereocenters. The molecule has 0 bridgehead atoms. The van der Waals surface area contributed by atoms with E-state index in [9.17, 15) is 0 Å². The van der Waals surface area contributed by atoms with Gasteiger partial charge in [-0.1, -0.05) is 9.98 Å². The summed E-state index contributed by atoms with van der Waals surface area (Å²) in [6.07, 6.45) is 0. The van der Waals surface area contributed by atoms with Crippen molar-refractivity contribution in [3.8, 4) is 0 Å². The molecule has 0 aromatic carbocycles. The Balaban J connectivity index is 2.83. The van der Waals surface area contributed by atoms with E-state index >= 15 is 0 Å². The van der Waals surface area contributed by atoms with E-state index in [1.165, 1.54) is 5.64 Å². The molecule has 0 spiro atoms. The second-order valence-electron chi connectivity index (χ2n) is 1.01. The summed E-state index contributed by atoms with van der Waals surface area (Å²) in [6, 6.07) is 0. The van der Waals surface area contributed by atoms with Gasteiger partial charge in [-0.25, -0.2) is 10.5 Å². The summed E-state index contributed by atoms with van der Waals surface area (Å²) in [7, 11) is 0. The third-order valence-electron chi connectivity index (χ3n) is 0.391. The SMILES string of the molecule is OOOOOOONOOOOOOOO. The Hall–Kier alpha value is -0.640. The minimum absolute atomic E-state index is 1.36. The Morgan fingerprint density at radius 1 is 0.500 bits per heavy atom. The smallest absolute Gasteiger partial charge is 0.0000302 e. The van der Waals surface area contributed by atoms with Crippen molar-refractivity contribution < 1.29 is 75.9 Å². The van der Waals surface area contributed by atoms with Crippen molar-refractivity contribution in [1.29, 1.82) is 0 Å². The second-order valence-corrected chi connectivity index (χ2v) is 1.01. The van der Waals surface area contributed by atoms with Gasteiger partial charge in [-0.2, -0.15) is 0 Å². The average molecular weight is 257 g/mol. The molecular weight excluding hydrogens is 254 g/mol. The molecule has 0 aliphatic carbocycles. The molecule has 16 nitrogen and oxygen atoms in total. The molecule has 0 radical (unpaired) electrons. The van der Waals surface area contributed by atoms with Crippen LogP contribution in [0, 0.1) is 0 Å². The molecule has 16 heteroatoms. The van der Waals surface area contributed by atoms with Crippen LogP contribution in [0.1, 0.15) is 0 Å². The van der Waals surface area contributed by atoms with E-state index < -0.39 is 0 Å². The van der Waals surface area contributed by atoms with Gasteiger partial charge in [-0.3, -0.25) is 0 Å². The van der Waals surface area contributed by atoms with Gasteiger partial charge in [0.05, 0.1) is 0 Å². The second kappa shape index (κ2) is 14.4. The van der Waals surface area contributed by atoms with Crippen molar-refractivity contribution in [2.45, 2.75) is 0 Å². The lowest BCUT2D eigenvalue weighted by atomic mass is 13.2. The van der Waals surface area contributed by atoms with E-state index in [1.807, 2.05) is 0 Å². The number of nitrogens with one attached hydrogen (secondary N) is 1. The van der Waals surface area contributed by atoms with E-state index in [0.29, 0.717) is 0 Å². The molecule has 0 heterocycles. The fraction of sp³-hybridized carbons (Fsp3) is 0. The van der Waals surface area contributed by atoms with Gasteiger partial charge in [0, 0.05) is 0 Å². The lowest BCUT2D eigenvalue weighted by Gasteiger charge is -1.99. The monoisotopic (exact) mass is 257 g/mol. The van der Waals surface area contributed by atoms with Crippen molar-refractivity contribution in [1.82, 2.24) is 5.64 Å². The highest BCUT2D eigenvalue weighted by atomic mass is 17.9. The molecule has 0 aromatic heterocycles. The standard InChI is InChI=1S/H3NO15/c2-6-10-14-12-8-4-1-5-9-13-16-15-11-7-3/h1-3H. The highest BCUT2D eigenvalue weighted by molar-refractivity contribution is 3.37. The number of hydrogen-bond donors (Lipinski definition) is 3. The highest BCUT2D eigenvalue weighted by Gasteiger charge is 1.95. The first-order valence-corrected chi connectivity index (χ1v) is 2.61. The summed E-state index contributed by atoms with van der Waals surface area (Å²) in [5.41, 5.74) is 1.36. The van der Waals surface area contributed by atoms with Crippen molar-refractivity contribution in [2.75, 3.05) is 0 Å². The predicted octanol–water partition coefficient (Wildman–Crippen LogP) is -1.37. The summed E-state index contributed by atoms with van der Waals surface area (Å²) in [6.45, 7) is 0. The van der Waals surface area contributed by atoms with Gasteiger partial charge in [0.15, 0.2) is 0 Å². The summed E-state index contributed by atoms with van der Waals surface area (Å²) in [5, 5.41) is 51.3. The van der Waals surface area contributed by atoms with Crippen LogP contribution in [0.25, 0.3) is 0 Å². The number of hydrogen-bond acceptors (Lipinski definition) is 16. The Bertz CT molecular complexity index is 98.0. The Morgan fingerprint density at radius 3 is 1.31 bits per heavy atom. The van der Waals surface area contributed by atoms with Crippen LogP contribution in [0.3, 0.4) is 0 Å². The van der Waals surface area contributed by atoms with E-state index in [0.717, 1.165) is 0 Å². The van der Waals surface area contributed by atoms with Crippen LogP contribution in [-0.4, -0.2) is 10.5 Å². The van der Waals surface area contributed by atoms with E-state index in [1.54, 1.807) is 0 Å². The van der Waals surface area contributed by atoms with Crippen molar-refractivity contribution >= 4 is 0 Å². The first-order chi connectivity index (χ1) is 7.91. The third-order valence-corrected chi connectivity index (χ3v) is 0.391. The lowest BCUT2D eigenvalue weighted by molar-refractivity contribution is -0.827. The van der Waals surface area contributed by atoms with Gasteiger partial charge in [0.25, 0.3) is 0 Å². The first kappa shape index (κ1) is 15.4. The minimum atomic E-state index is 1.36. The molecule has 0 fully saturated rings. The molecule has 0 unspecified atom stereocenters.